The summed E-state index contributed by atoms with van der Waals surface area (Å²) in [6, 6.07) is 7.48. The second kappa shape index (κ2) is 4.88. The minimum Gasteiger partial charge on any atom is -0.206 e. The van der Waals surface area contributed by atoms with Crippen molar-refractivity contribution in [1.82, 2.24) is 4.13 Å². The number of benzene rings is 1. The van der Waals surface area contributed by atoms with Crippen LogP contribution in [0.4, 0.5) is 4.39 Å². The Bertz CT molecular complexity index is 418. The second-order valence-electron chi connectivity index (χ2n) is 2.45. The van der Waals surface area contributed by atoms with Gasteiger partial charge in [0.2, 0.25) is 10.0 Å². The molecule has 0 aliphatic carbocycles. The predicted octanol–water partition coefficient (Wildman–Crippen LogP) is 2.67. The Kier molecular flexibility index (Phi) is 4.25. The van der Waals surface area contributed by atoms with Crippen LogP contribution in [0.15, 0.2) is 35.2 Å². The first-order chi connectivity index (χ1) is 6.81. The predicted molar refractivity (Wildman–Crippen MR) is 59.9 cm³/mol. The molecule has 1 N–H and O–H groups in total. The molecule has 0 amide bonds. The van der Waals surface area contributed by atoms with E-state index in [1.54, 1.807) is 18.2 Å². The molecular formula is C7H6Cl2FNO2S2. The number of hydrogen-bond donors (Lipinski definition) is 1. The van der Waals surface area contributed by atoms with Crippen LogP contribution in [-0.4, -0.2) is 12.3 Å². The van der Waals surface area contributed by atoms with Crippen molar-refractivity contribution in [2.24, 2.45) is 0 Å². The van der Waals surface area contributed by atoms with E-state index in [9.17, 15) is 12.8 Å². The van der Waals surface area contributed by atoms with Gasteiger partial charge in [0.1, 0.15) is 0 Å². The van der Waals surface area contributed by atoms with Crippen LogP contribution in [0.3, 0.4) is 0 Å². The van der Waals surface area contributed by atoms with E-state index in [0.717, 1.165) is 0 Å². The molecule has 1 rings (SSSR count). The van der Waals surface area contributed by atoms with Crippen LogP contribution >= 0.6 is 35.1 Å². The van der Waals surface area contributed by atoms with Crippen molar-refractivity contribution in [1.29, 1.82) is 0 Å². The molecule has 0 aromatic heterocycles. The van der Waals surface area contributed by atoms with Crippen molar-refractivity contribution in [2.45, 2.75) is 8.81 Å². The average Bonchev–Trinajstić information content (AvgIpc) is 2.16. The van der Waals surface area contributed by atoms with Crippen molar-refractivity contribution in [3.8, 4) is 0 Å². The Hall–Kier alpha value is -0.0100. The van der Waals surface area contributed by atoms with Gasteiger partial charge in [0.05, 0.1) is 4.90 Å². The van der Waals surface area contributed by atoms with E-state index in [4.69, 9.17) is 23.2 Å². The Morgan fingerprint density at radius 1 is 1.27 bits per heavy atom. The van der Waals surface area contributed by atoms with Crippen LogP contribution in [-0.2, 0) is 10.0 Å². The third-order valence-electron chi connectivity index (χ3n) is 1.32. The fourth-order valence-corrected chi connectivity index (χ4v) is 3.03. The molecular weight excluding hydrogens is 284 g/mol. The summed E-state index contributed by atoms with van der Waals surface area (Å²) in [5.74, 6) is 0. The minimum atomic E-state index is -3.79. The largest absolute Gasteiger partial charge is 0.319 e. The zero-order valence-corrected chi connectivity index (χ0v) is 10.3. The van der Waals surface area contributed by atoms with E-state index in [1.165, 1.54) is 12.1 Å². The van der Waals surface area contributed by atoms with Gasteiger partial charge in [-0.1, -0.05) is 41.4 Å². The summed E-state index contributed by atoms with van der Waals surface area (Å²) in [6.07, 6.45) is 0. The molecule has 3 nitrogen and oxygen atoms in total. The summed E-state index contributed by atoms with van der Waals surface area (Å²) in [7, 11) is -3.79. The molecule has 8 heteroatoms. The molecule has 0 aliphatic heterocycles. The zero-order chi connectivity index (χ0) is 11.5. The number of nitrogens with one attached hydrogen (secondary N) is 1. The van der Waals surface area contributed by atoms with Gasteiger partial charge in [-0.3, -0.25) is 0 Å². The lowest BCUT2D eigenvalue weighted by Gasteiger charge is -2.09. The highest BCUT2D eigenvalue weighted by atomic mass is 35.5. The van der Waals surface area contributed by atoms with Gasteiger partial charge >= 0.3 is 3.92 Å². The van der Waals surface area contributed by atoms with E-state index < -0.39 is 13.9 Å². The molecule has 0 aliphatic rings. The monoisotopic (exact) mass is 289 g/mol. The van der Waals surface area contributed by atoms with Gasteiger partial charge in [0, 0.05) is 11.9 Å². The molecule has 0 unspecified atom stereocenters. The second-order valence-corrected chi connectivity index (χ2v) is 7.04. The van der Waals surface area contributed by atoms with E-state index in [1.807, 2.05) is 4.13 Å². The highest BCUT2D eigenvalue weighted by molar-refractivity contribution is 8.11. The maximum Gasteiger partial charge on any atom is 0.319 e. The maximum absolute atomic E-state index is 12.6. The van der Waals surface area contributed by atoms with Crippen molar-refractivity contribution in [2.75, 3.05) is 0 Å². The van der Waals surface area contributed by atoms with E-state index in [-0.39, 0.29) is 16.8 Å². The van der Waals surface area contributed by atoms with Gasteiger partial charge in [0.25, 0.3) is 0 Å². The van der Waals surface area contributed by atoms with Gasteiger partial charge in [-0.25, -0.2) is 8.42 Å². The number of halogens is 3. The summed E-state index contributed by atoms with van der Waals surface area (Å²) in [4.78, 5) is 0.00934. The topological polar surface area (TPSA) is 46.2 Å². The molecule has 1 aromatic carbocycles. The fourth-order valence-electron chi connectivity index (χ4n) is 0.750. The third-order valence-corrected chi connectivity index (χ3v) is 4.12. The maximum atomic E-state index is 12.6. The molecule has 1 aromatic rings. The molecule has 0 saturated carbocycles. The normalized spacial score (nSPS) is 12.7. The van der Waals surface area contributed by atoms with Gasteiger partial charge in [-0.05, 0) is 12.1 Å². The first-order valence-corrected chi connectivity index (χ1v) is 6.68. The first kappa shape index (κ1) is 13.1. The Morgan fingerprint density at radius 2 is 1.80 bits per heavy atom. The molecule has 0 fully saturated rings. The van der Waals surface area contributed by atoms with Crippen LogP contribution in [0.2, 0.25) is 0 Å². The third kappa shape index (κ3) is 4.56. The van der Waals surface area contributed by atoms with Gasteiger partial charge in [-0.2, -0.15) is 4.39 Å². The minimum absolute atomic E-state index is 0.00934. The molecule has 0 radical (unpaired) electrons. The molecule has 0 spiro atoms. The van der Waals surface area contributed by atoms with Crippen LogP contribution in [0.25, 0.3) is 0 Å². The van der Waals surface area contributed by atoms with E-state index in [0.29, 0.717) is 0 Å². The number of rotatable bonds is 4. The van der Waals surface area contributed by atoms with Crippen LogP contribution < -0.4 is 4.13 Å². The Morgan fingerprint density at radius 3 is 2.27 bits per heavy atom. The molecule has 0 atom stereocenters. The Labute approximate surface area is 101 Å². The fraction of sp³-hybridized carbons (Fsp3) is 0.143. The lowest BCUT2D eigenvalue weighted by molar-refractivity contribution is 0.514. The number of alkyl halides is 3. The highest BCUT2D eigenvalue weighted by Crippen LogP contribution is 2.34. The molecule has 0 heterocycles. The summed E-state index contributed by atoms with van der Waals surface area (Å²) >= 11 is 9.98. The number of sulfonamides is 1. The molecule has 84 valence electrons. The quantitative estimate of drug-likeness (QED) is 0.685. The lowest BCUT2D eigenvalue weighted by atomic mass is 10.4. The Balaban J connectivity index is 2.78. The van der Waals surface area contributed by atoms with Crippen LogP contribution in [0.1, 0.15) is 0 Å². The first-order valence-electron chi connectivity index (χ1n) is 3.63. The smallest absolute Gasteiger partial charge is 0.206 e. The van der Waals surface area contributed by atoms with E-state index in [2.05, 4.69) is 0 Å². The summed E-state index contributed by atoms with van der Waals surface area (Å²) in [5, 5.41) is 0. The van der Waals surface area contributed by atoms with Crippen LogP contribution in [0.5, 0.6) is 0 Å². The molecule has 0 saturated heterocycles. The lowest BCUT2D eigenvalue weighted by Crippen LogP contribution is -2.20. The van der Waals surface area contributed by atoms with Crippen molar-refractivity contribution in [3.63, 3.8) is 0 Å². The standard InChI is InChI=1S/C7H6Cl2FNO2S2/c8-7(9,10)14-11-15(12,13)6-4-2-1-3-5-6/h1-5,11H. The van der Waals surface area contributed by atoms with Crippen LogP contribution in [0, 0.1) is 0 Å². The number of hydrogen-bond acceptors (Lipinski definition) is 3. The molecule has 0 bridgehead atoms. The summed E-state index contributed by atoms with van der Waals surface area (Å²) in [5.41, 5.74) is 0. The summed E-state index contributed by atoms with van der Waals surface area (Å²) < 4.78 is 34.7. The van der Waals surface area contributed by atoms with Crippen molar-refractivity contribution in [3.05, 3.63) is 30.3 Å². The SMILES string of the molecule is O=S(=O)(NSC(F)(Cl)Cl)c1ccccc1. The van der Waals surface area contributed by atoms with Gasteiger partial charge in [0.15, 0.2) is 0 Å². The summed E-state index contributed by atoms with van der Waals surface area (Å²) in [6.45, 7) is 0. The van der Waals surface area contributed by atoms with Gasteiger partial charge < -0.3 is 0 Å². The average molecular weight is 290 g/mol. The molecule has 15 heavy (non-hydrogen) atoms. The zero-order valence-electron chi connectivity index (χ0n) is 7.15. The van der Waals surface area contributed by atoms with E-state index >= 15 is 0 Å². The van der Waals surface area contributed by atoms with Crippen molar-refractivity contribution < 1.29 is 12.8 Å². The highest BCUT2D eigenvalue weighted by Gasteiger charge is 2.27. The van der Waals surface area contributed by atoms with Crippen molar-refractivity contribution >= 4 is 45.2 Å². The van der Waals surface area contributed by atoms with Gasteiger partial charge in [-0.15, -0.1) is 4.13 Å².